The van der Waals surface area contributed by atoms with Crippen molar-refractivity contribution < 1.29 is 14.2 Å². The molecule has 0 unspecified atom stereocenters. The number of fused-ring (bicyclic) bond motifs is 1. The number of unbranched alkanes of at least 4 members (excludes halogenated alkanes) is 1. The van der Waals surface area contributed by atoms with Gasteiger partial charge in [0.25, 0.3) is 5.56 Å². The standard InChI is InChI=1S/C22H34N2O4.ClH/c1-6-7-10-28-20-18-13-16(27-12-11-26-5)8-9-17(18)21(25)24(19(20)14-23)15-22(2,3)4;/h8-9,13H,6-7,10-12,14-15,23H2,1-5H3;1H. The Morgan fingerprint density at radius 1 is 1.07 bits per heavy atom. The van der Waals surface area contributed by atoms with E-state index in [1.165, 1.54) is 0 Å². The average Bonchev–Trinajstić information content (AvgIpc) is 2.64. The van der Waals surface area contributed by atoms with Crippen molar-refractivity contribution in [2.24, 2.45) is 11.1 Å². The van der Waals surface area contributed by atoms with Gasteiger partial charge in [0.1, 0.15) is 18.1 Å². The monoisotopic (exact) mass is 426 g/mol. The molecule has 29 heavy (non-hydrogen) atoms. The summed E-state index contributed by atoms with van der Waals surface area (Å²) < 4.78 is 18.7. The number of halogens is 1. The summed E-state index contributed by atoms with van der Waals surface area (Å²) in [6.45, 7) is 10.8. The Kier molecular flexibility index (Phi) is 9.96. The van der Waals surface area contributed by atoms with Crippen LogP contribution in [0, 0.1) is 5.41 Å². The van der Waals surface area contributed by atoms with Gasteiger partial charge in [-0.2, -0.15) is 0 Å². The predicted octanol–water partition coefficient (Wildman–Crippen LogP) is 4.13. The van der Waals surface area contributed by atoms with Crippen LogP contribution in [0.15, 0.2) is 23.0 Å². The van der Waals surface area contributed by atoms with E-state index in [1.807, 2.05) is 18.2 Å². The van der Waals surface area contributed by atoms with E-state index in [0.29, 0.717) is 43.3 Å². The van der Waals surface area contributed by atoms with Gasteiger partial charge in [-0.3, -0.25) is 4.79 Å². The third kappa shape index (κ3) is 6.63. The van der Waals surface area contributed by atoms with Gasteiger partial charge in [0.05, 0.1) is 24.3 Å². The van der Waals surface area contributed by atoms with Crippen molar-refractivity contribution in [2.75, 3.05) is 26.9 Å². The molecule has 7 heteroatoms. The number of hydrogen-bond donors (Lipinski definition) is 1. The van der Waals surface area contributed by atoms with E-state index in [-0.39, 0.29) is 29.9 Å². The van der Waals surface area contributed by atoms with Gasteiger partial charge < -0.3 is 24.5 Å². The topological polar surface area (TPSA) is 75.7 Å². The second-order valence-corrected chi connectivity index (χ2v) is 8.18. The Morgan fingerprint density at radius 3 is 2.38 bits per heavy atom. The van der Waals surface area contributed by atoms with E-state index >= 15 is 0 Å². The van der Waals surface area contributed by atoms with Crippen molar-refractivity contribution >= 4 is 23.2 Å². The Hall–Kier alpha value is -1.76. The fourth-order valence-corrected chi connectivity index (χ4v) is 3.10. The maximum Gasteiger partial charge on any atom is 0.258 e. The van der Waals surface area contributed by atoms with Crippen molar-refractivity contribution in [3.05, 3.63) is 34.2 Å². The van der Waals surface area contributed by atoms with Crippen molar-refractivity contribution in [1.82, 2.24) is 4.57 Å². The van der Waals surface area contributed by atoms with Gasteiger partial charge >= 0.3 is 0 Å². The number of rotatable bonds is 10. The molecule has 0 spiro atoms. The minimum Gasteiger partial charge on any atom is -0.491 e. The maximum absolute atomic E-state index is 13.2. The van der Waals surface area contributed by atoms with E-state index < -0.39 is 0 Å². The van der Waals surface area contributed by atoms with Crippen LogP contribution >= 0.6 is 12.4 Å². The number of nitrogens with two attached hydrogens (primary N) is 1. The number of ether oxygens (including phenoxy) is 3. The van der Waals surface area contributed by atoms with Gasteiger partial charge in [0, 0.05) is 25.6 Å². The molecule has 1 aromatic carbocycles. The van der Waals surface area contributed by atoms with Gasteiger partial charge in [-0.1, -0.05) is 34.1 Å². The average molecular weight is 427 g/mol. The van der Waals surface area contributed by atoms with Crippen LogP contribution in [0.1, 0.15) is 46.2 Å². The van der Waals surface area contributed by atoms with Crippen LogP contribution in [0.25, 0.3) is 10.8 Å². The number of hydrogen-bond acceptors (Lipinski definition) is 5. The number of methoxy groups -OCH3 is 1. The third-order valence-electron chi connectivity index (χ3n) is 4.43. The lowest BCUT2D eigenvalue weighted by atomic mass is 9.96. The second-order valence-electron chi connectivity index (χ2n) is 8.18. The molecule has 2 aromatic rings. The molecular formula is C22H35ClN2O4. The molecule has 1 aromatic heterocycles. The van der Waals surface area contributed by atoms with Gasteiger partial charge in [0.15, 0.2) is 0 Å². The summed E-state index contributed by atoms with van der Waals surface area (Å²) in [4.78, 5) is 13.2. The lowest BCUT2D eigenvalue weighted by Crippen LogP contribution is -2.31. The minimum atomic E-state index is -0.0642. The first-order chi connectivity index (χ1) is 13.3. The highest BCUT2D eigenvalue weighted by Crippen LogP contribution is 2.32. The Bertz CT molecular complexity index is 843. The molecule has 2 N–H and O–H groups in total. The maximum atomic E-state index is 13.2. The van der Waals surface area contributed by atoms with Crippen LogP contribution in [0.2, 0.25) is 0 Å². The molecule has 0 amide bonds. The molecule has 0 aliphatic rings. The van der Waals surface area contributed by atoms with Crippen LogP contribution in [-0.4, -0.2) is 31.5 Å². The highest BCUT2D eigenvalue weighted by atomic mass is 35.5. The minimum absolute atomic E-state index is 0. The lowest BCUT2D eigenvalue weighted by molar-refractivity contribution is 0.146. The zero-order chi connectivity index (χ0) is 20.7. The Morgan fingerprint density at radius 2 is 1.79 bits per heavy atom. The van der Waals surface area contributed by atoms with E-state index in [1.54, 1.807) is 11.7 Å². The largest absolute Gasteiger partial charge is 0.491 e. The summed E-state index contributed by atoms with van der Waals surface area (Å²) in [5.41, 5.74) is 6.71. The van der Waals surface area contributed by atoms with Gasteiger partial charge in [-0.05, 0) is 30.0 Å². The van der Waals surface area contributed by atoms with Crippen LogP contribution in [0.3, 0.4) is 0 Å². The van der Waals surface area contributed by atoms with Crippen molar-refractivity contribution in [3.8, 4) is 11.5 Å². The van der Waals surface area contributed by atoms with Crippen molar-refractivity contribution in [1.29, 1.82) is 0 Å². The first-order valence-corrected chi connectivity index (χ1v) is 9.96. The summed E-state index contributed by atoms with van der Waals surface area (Å²) in [5.74, 6) is 1.37. The van der Waals surface area contributed by atoms with Crippen LogP contribution in [0.5, 0.6) is 11.5 Å². The fourth-order valence-electron chi connectivity index (χ4n) is 3.10. The molecule has 0 atom stereocenters. The summed E-state index contributed by atoms with van der Waals surface area (Å²) in [6.07, 6.45) is 1.97. The summed E-state index contributed by atoms with van der Waals surface area (Å²) in [5, 5.41) is 1.37. The van der Waals surface area contributed by atoms with Crippen molar-refractivity contribution in [2.45, 2.75) is 53.6 Å². The molecule has 164 valence electrons. The third-order valence-corrected chi connectivity index (χ3v) is 4.43. The highest BCUT2D eigenvalue weighted by molar-refractivity contribution is 5.89. The molecule has 0 aliphatic carbocycles. The smallest absolute Gasteiger partial charge is 0.258 e. The number of benzene rings is 1. The van der Waals surface area contributed by atoms with Crippen LogP contribution in [-0.2, 0) is 17.8 Å². The molecule has 0 fully saturated rings. The molecule has 0 saturated heterocycles. The zero-order valence-electron chi connectivity index (χ0n) is 18.2. The van der Waals surface area contributed by atoms with Crippen LogP contribution < -0.4 is 20.8 Å². The second kappa shape index (κ2) is 11.4. The normalized spacial score (nSPS) is 11.4. The van der Waals surface area contributed by atoms with Gasteiger partial charge in [-0.15, -0.1) is 12.4 Å². The van der Waals surface area contributed by atoms with Gasteiger partial charge in [-0.25, -0.2) is 0 Å². The number of aromatic nitrogens is 1. The Labute approximate surface area is 179 Å². The summed E-state index contributed by atoms with van der Waals surface area (Å²) in [7, 11) is 1.63. The molecule has 0 aliphatic heterocycles. The quantitative estimate of drug-likeness (QED) is 0.578. The lowest BCUT2D eigenvalue weighted by Gasteiger charge is -2.25. The van der Waals surface area contributed by atoms with Gasteiger partial charge in [0.2, 0.25) is 0 Å². The van der Waals surface area contributed by atoms with E-state index in [0.717, 1.165) is 23.9 Å². The first kappa shape index (κ1) is 25.3. The summed E-state index contributed by atoms with van der Waals surface area (Å²) in [6, 6.07) is 5.50. The van der Waals surface area contributed by atoms with E-state index in [4.69, 9.17) is 19.9 Å². The number of pyridine rings is 1. The molecule has 2 rings (SSSR count). The molecular weight excluding hydrogens is 392 g/mol. The van der Waals surface area contributed by atoms with E-state index in [2.05, 4.69) is 27.7 Å². The molecule has 1 heterocycles. The molecule has 0 bridgehead atoms. The fraction of sp³-hybridized carbons (Fsp3) is 0.591. The van der Waals surface area contributed by atoms with Crippen molar-refractivity contribution in [3.63, 3.8) is 0 Å². The predicted molar refractivity (Wildman–Crippen MR) is 121 cm³/mol. The zero-order valence-corrected chi connectivity index (χ0v) is 19.1. The SMILES string of the molecule is CCCCOc1c(CN)n(CC(C)(C)C)c(=O)c2ccc(OCCOC)cc12.Cl. The number of nitrogens with zero attached hydrogens (tertiary/aromatic N) is 1. The molecule has 0 saturated carbocycles. The highest BCUT2D eigenvalue weighted by Gasteiger charge is 2.21. The molecule has 6 nitrogen and oxygen atoms in total. The van der Waals surface area contributed by atoms with E-state index in [9.17, 15) is 4.79 Å². The molecule has 0 radical (unpaired) electrons. The summed E-state index contributed by atoms with van der Waals surface area (Å²) >= 11 is 0. The Balaban J connectivity index is 0.00000420. The first-order valence-electron chi connectivity index (χ1n) is 9.96. The van der Waals surface area contributed by atoms with Crippen LogP contribution in [0.4, 0.5) is 0 Å².